The van der Waals surface area contributed by atoms with E-state index in [1.165, 1.54) is 0 Å². The summed E-state index contributed by atoms with van der Waals surface area (Å²) in [5.74, 6) is 0.563. The van der Waals surface area contributed by atoms with Gasteiger partial charge in [0.15, 0.2) is 5.78 Å². The number of piperidine rings is 1. The van der Waals surface area contributed by atoms with Crippen LogP contribution in [0.25, 0.3) is 0 Å². The molecular formula is C19H27NO3. The van der Waals surface area contributed by atoms with Crippen molar-refractivity contribution in [2.45, 2.75) is 39.5 Å². The van der Waals surface area contributed by atoms with Gasteiger partial charge in [-0.1, -0.05) is 29.8 Å². The summed E-state index contributed by atoms with van der Waals surface area (Å²) in [6.45, 7) is 6.99. The fourth-order valence-corrected chi connectivity index (χ4v) is 2.97. The zero-order chi connectivity index (χ0) is 16.7. The summed E-state index contributed by atoms with van der Waals surface area (Å²) in [6.07, 6.45) is 2.73. The first kappa shape index (κ1) is 17.7. The van der Waals surface area contributed by atoms with E-state index in [2.05, 4.69) is 0 Å². The highest BCUT2D eigenvalue weighted by Crippen LogP contribution is 2.18. The average molecular weight is 317 g/mol. The summed E-state index contributed by atoms with van der Waals surface area (Å²) in [4.78, 5) is 26.4. The molecule has 1 atom stereocenters. The normalized spacial score (nSPS) is 18.0. The van der Waals surface area contributed by atoms with Crippen molar-refractivity contribution in [3.63, 3.8) is 0 Å². The largest absolute Gasteiger partial charge is 0.381 e. The van der Waals surface area contributed by atoms with Gasteiger partial charge in [0.05, 0.1) is 6.61 Å². The van der Waals surface area contributed by atoms with Crippen molar-refractivity contribution in [2.24, 2.45) is 5.92 Å². The number of hydrogen-bond acceptors (Lipinski definition) is 3. The van der Waals surface area contributed by atoms with Crippen molar-refractivity contribution >= 4 is 11.7 Å². The molecule has 0 N–H and O–H groups in total. The Hall–Kier alpha value is -1.68. The first-order chi connectivity index (χ1) is 11.1. The van der Waals surface area contributed by atoms with E-state index in [0.29, 0.717) is 17.9 Å². The third kappa shape index (κ3) is 5.47. The highest BCUT2D eigenvalue weighted by Gasteiger charge is 2.24. The summed E-state index contributed by atoms with van der Waals surface area (Å²) in [5.41, 5.74) is 1.82. The van der Waals surface area contributed by atoms with Gasteiger partial charge in [0, 0.05) is 38.1 Å². The number of nitrogens with zero attached hydrogens (tertiary/aromatic N) is 1. The van der Waals surface area contributed by atoms with Crippen LogP contribution in [0.2, 0.25) is 0 Å². The molecule has 4 nitrogen and oxygen atoms in total. The van der Waals surface area contributed by atoms with Crippen molar-refractivity contribution in [1.29, 1.82) is 0 Å². The molecule has 1 aliphatic heterocycles. The number of carbonyl (C=O) groups is 2. The van der Waals surface area contributed by atoms with Crippen molar-refractivity contribution in [1.82, 2.24) is 4.90 Å². The number of rotatable bonds is 7. The van der Waals surface area contributed by atoms with Crippen LogP contribution in [0, 0.1) is 12.8 Å². The molecule has 23 heavy (non-hydrogen) atoms. The van der Waals surface area contributed by atoms with Crippen LogP contribution in [-0.4, -0.2) is 42.9 Å². The molecule has 0 saturated carbocycles. The lowest BCUT2D eigenvalue weighted by molar-refractivity contribution is -0.133. The van der Waals surface area contributed by atoms with Crippen molar-refractivity contribution in [2.75, 3.05) is 26.3 Å². The summed E-state index contributed by atoms with van der Waals surface area (Å²) < 4.78 is 5.47. The van der Waals surface area contributed by atoms with Gasteiger partial charge in [-0.2, -0.15) is 0 Å². The van der Waals surface area contributed by atoms with Gasteiger partial charge in [0.2, 0.25) is 5.91 Å². The lowest BCUT2D eigenvalue weighted by atomic mass is 9.98. The quantitative estimate of drug-likeness (QED) is 0.725. The van der Waals surface area contributed by atoms with E-state index in [4.69, 9.17) is 4.74 Å². The fourth-order valence-electron chi connectivity index (χ4n) is 2.97. The molecule has 2 rings (SSSR count). The Balaban J connectivity index is 1.79. The number of carbonyl (C=O) groups excluding carboxylic acids is 2. The highest BCUT2D eigenvalue weighted by atomic mass is 16.5. The van der Waals surface area contributed by atoms with Crippen molar-refractivity contribution < 1.29 is 14.3 Å². The van der Waals surface area contributed by atoms with E-state index in [1.807, 2.05) is 43.0 Å². The van der Waals surface area contributed by atoms with Crippen LogP contribution < -0.4 is 0 Å². The van der Waals surface area contributed by atoms with E-state index in [-0.39, 0.29) is 18.1 Å². The zero-order valence-electron chi connectivity index (χ0n) is 14.2. The Labute approximate surface area is 138 Å². The van der Waals surface area contributed by atoms with Gasteiger partial charge < -0.3 is 9.64 Å². The topological polar surface area (TPSA) is 46.6 Å². The minimum atomic E-state index is 0.0428. The number of ether oxygens (including phenoxy) is 1. The first-order valence-electron chi connectivity index (χ1n) is 8.55. The van der Waals surface area contributed by atoms with Gasteiger partial charge in [-0.05, 0) is 32.6 Å². The predicted octanol–water partition coefficient (Wildman–Crippen LogP) is 3.23. The second-order valence-corrected chi connectivity index (χ2v) is 6.30. The van der Waals surface area contributed by atoms with Gasteiger partial charge in [-0.3, -0.25) is 9.59 Å². The lowest BCUT2D eigenvalue weighted by Gasteiger charge is -2.32. The van der Waals surface area contributed by atoms with Crippen molar-refractivity contribution in [3.05, 3.63) is 35.4 Å². The van der Waals surface area contributed by atoms with E-state index in [0.717, 1.165) is 44.7 Å². The summed E-state index contributed by atoms with van der Waals surface area (Å²) in [6, 6.07) is 7.53. The molecule has 1 amide bonds. The smallest absolute Gasteiger partial charge is 0.223 e. The molecule has 0 bridgehead atoms. The molecule has 1 aromatic rings. The Kier molecular flexibility index (Phi) is 6.78. The van der Waals surface area contributed by atoms with Gasteiger partial charge >= 0.3 is 0 Å². The molecule has 0 radical (unpaired) electrons. The molecule has 1 unspecified atom stereocenters. The first-order valence-corrected chi connectivity index (χ1v) is 8.55. The number of ketones is 1. The second-order valence-electron chi connectivity index (χ2n) is 6.30. The van der Waals surface area contributed by atoms with Crippen LogP contribution in [0.1, 0.15) is 48.5 Å². The highest BCUT2D eigenvalue weighted by molar-refractivity contribution is 5.97. The standard InChI is InChI=1S/C19H27NO3/c1-3-23-14-16-5-4-12-20(13-16)19(22)11-10-18(21)17-8-6-15(2)7-9-17/h6-9,16H,3-5,10-14H2,1-2H3. The molecule has 1 aliphatic rings. The molecular weight excluding hydrogens is 290 g/mol. The minimum absolute atomic E-state index is 0.0428. The maximum atomic E-state index is 12.3. The van der Waals surface area contributed by atoms with Crippen LogP contribution in [0.3, 0.4) is 0 Å². The Morgan fingerprint density at radius 3 is 2.65 bits per heavy atom. The Bertz CT molecular complexity index is 524. The summed E-state index contributed by atoms with van der Waals surface area (Å²) >= 11 is 0. The maximum absolute atomic E-state index is 12.3. The molecule has 1 saturated heterocycles. The van der Waals surface area contributed by atoms with Crippen LogP contribution in [0.5, 0.6) is 0 Å². The molecule has 4 heteroatoms. The monoisotopic (exact) mass is 317 g/mol. The number of amides is 1. The Morgan fingerprint density at radius 1 is 1.22 bits per heavy atom. The van der Waals surface area contributed by atoms with Crippen LogP contribution >= 0.6 is 0 Å². The number of benzene rings is 1. The SMILES string of the molecule is CCOCC1CCCN(C(=O)CCC(=O)c2ccc(C)cc2)C1. The van der Waals surface area contributed by atoms with Crippen LogP contribution in [0.15, 0.2) is 24.3 Å². The maximum Gasteiger partial charge on any atom is 0.223 e. The average Bonchev–Trinajstić information content (AvgIpc) is 2.58. The van der Waals surface area contributed by atoms with Crippen molar-refractivity contribution in [3.8, 4) is 0 Å². The molecule has 0 aliphatic carbocycles. The third-order valence-corrected chi connectivity index (χ3v) is 4.37. The predicted molar refractivity (Wildman–Crippen MR) is 90.5 cm³/mol. The molecule has 0 spiro atoms. The number of aryl methyl sites for hydroxylation is 1. The van der Waals surface area contributed by atoms with Crippen LogP contribution in [-0.2, 0) is 9.53 Å². The van der Waals surface area contributed by atoms with Crippen LogP contribution in [0.4, 0.5) is 0 Å². The number of Topliss-reactive ketones (excluding diaryl/α,β-unsaturated/α-hetero) is 1. The summed E-state index contributed by atoms with van der Waals surface area (Å²) in [7, 11) is 0. The lowest BCUT2D eigenvalue weighted by Crippen LogP contribution is -2.41. The van der Waals surface area contributed by atoms with Gasteiger partial charge in [-0.15, -0.1) is 0 Å². The second kappa shape index (κ2) is 8.82. The summed E-state index contributed by atoms with van der Waals surface area (Å²) in [5, 5.41) is 0. The van der Waals surface area contributed by atoms with E-state index < -0.39 is 0 Å². The third-order valence-electron chi connectivity index (χ3n) is 4.37. The van der Waals surface area contributed by atoms with E-state index in [9.17, 15) is 9.59 Å². The number of hydrogen-bond donors (Lipinski definition) is 0. The fraction of sp³-hybridized carbons (Fsp3) is 0.579. The minimum Gasteiger partial charge on any atom is -0.381 e. The van der Waals surface area contributed by atoms with Gasteiger partial charge in [0.25, 0.3) is 0 Å². The van der Waals surface area contributed by atoms with Gasteiger partial charge in [0.1, 0.15) is 0 Å². The van der Waals surface area contributed by atoms with E-state index in [1.54, 1.807) is 0 Å². The van der Waals surface area contributed by atoms with Gasteiger partial charge in [-0.25, -0.2) is 0 Å². The zero-order valence-corrected chi connectivity index (χ0v) is 14.2. The molecule has 0 aromatic heterocycles. The molecule has 126 valence electrons. The Morgan fingerprint density at radius 2 is 1.96 bits per heavy atom. The number of likely N-dealkylation sites (tertiary alicyclic amines) is 1. The molecule has 1 fully saturated rings. The van der Waals surface area contributed by atoms with E-state index >= 15 is 0 Å². The molecule has 1 aromatic carbocycles. The molecule has 1 heterocycles.